The Bertz CT molecular complexity index is 503. The zero-order valence-corrected chi connectivity index (χ0v) is 10.6. The van der Waals surface area contributed by atoms with Gasteiger partial charge in [-0.15, -0.1) is 0 Å². The molecule has 0 saturated carbocycles. The van der Waals surface area contributed by atoms with E-state index >= 15 is 0 Å². The van der Waals surface area contributed by atoms with Gasteiger partial charge in [0.25, 0.3) is 0 Å². The van der Waals surface area contributed by atoms with Crippen LogP contribution in [-0.4, -0.2) is 18.6 Å². The lowest BCUT2D eigenvalue weighted by Crippen LogP contribution is -2.10. The van der Waals surface area contributed by atoms with Crippen LogP contribution in [0.25, 0.3) is 11.3 Å². The maximum absolute atomic E-state index is 5.76. The standard InChI is InChI=1S/C14H18N2O/c1-10-4-5-11(2)12(8-10)13-9-16-14(17-13)6-7-15-3/h4-5,8-9,15H,6-7H2,1-3H3. The Kier molecular flexibility index (Phi) is 3.59. The van der Waals surface area contributed by atoms with Gasteiger partial charge >= 0.3 is 0 Å². The summed E-state index contributed by atoms with van der Waals surface area (Å²) >= 11 is 0. The summed E-state index contributed by atoms with van der Waals surface area (Å²) in [6.45, 7) is 5.05. The van der Waals surface area contributed by atoms with Crippen LogP contribution in [0.4, 0.5) is 0 Å². The molecule has 2 rings (SSSR count). The van der Waals surface area contributed by atoms with Crippen molar-refractivity contribution in [2.75, 3.05) is 13.6 Å². The van der Waals surface area contributed by atoms with Gasteiger partial charge in [0.15, 0.2) is 11.7 Å². The second-order valence-electron chi connectivity index (χ2n) is 4.29. The third-order valence-corrected chi connectivity index (χ3v) is 2.80. The van der Waals surface area contributed by atoms with Crippen LogP contribution < -0.4 is 5.32 Å². The van der Waals surface area contributed by atoms with Crippen molar-refractivity contribution in [3.05, 3.63) is 41.4 Å². The molecule has 0 bridgehead atoms. The number of nitrogens with one attached hydrogen (secondary N) is 1. The first kappa shape index (κ1) is 11.9. The SMILES string of the molecule is CNCCc1ncc(-c2cc(C)ccc2C)o1. The monoisotopic (exact) mass is 230 g/mol. The minimum absolute atomic E-state index is 0.787. The highest BCUT2D eigenvalue weighted by Gasteiger charge is 2.08. The highest BCUT2D eigenvalue weighted by atomic mass is 16.4. The molecule has 1 aromatic heterocycles. The molecule has 0 radical (unpaired) electrons. The van der Waals surface area contributed by atoms with Gasteiger partial charge in [0.05, 0.1) is 6.20 Å². The lowest BCUT2D eigenvalue weighted by Gasteiger charge is -2.03. The van der Waals surface area contributed by atoms with E-state index in [1.165, 1.54) is 11.1 Å². The molecule has 0 aliphatic heterocycles. The molecular formula is C14H18N2O. The van der Waals surface area contributed by atoms with E-state index in [4.69, 9.17) is 4.42 Å². The maximum Gasteiger partial charge on any atom is 0.196 e. The summed E-state index contributed by atoms with van der Waals surface area (Å²) in [5.74, 6) is 1.65. The van der Waals surface area contributed by atoms with Gasteiger partial charge < -0.3 is 9.73 Å². The number of aromatic nitrogens is 1. The second-order valence-corrected chi connectivity index (χ2v) is 4.29. The van der Waals surface area contributed by atoms with Crippen molar-refractivity contribution < 1.29 is 4.42 Å². The average molecular weight is 230 g/mol. The Labute approximate surface area is 102 Å². The molecule has 0 saturated heterocycles. The van der Waals surface area contributed by atoms with Gasteiger partial charge in [-0.25, -0.2) is 4.98 Å². The van der Waals surface area contributed by atoms with Crippen LogP contribution in [-0.2, 0) is 6.42 Å². The van der Waals surface area contributed by atoms with Crippen LogP contribution in [0.15, 0.2) is 28.8 Å². The van der Waals surface area contributed by atoms with Crippen molar-refractivity contribution in [3.8, 4) is 11.3 Å². The number of hydrogen-bond donors (Lipinski definition) is 1. The van der Waals surface area contributed by atoms with Gasteiger partial charge in [-0.2, -0.15) is 0 Å². The predicted molar refractivity (Wildman–Crippen MR) is 69.0 cm³/mol. The number of benzene rings is 1. The first-order chi connectivity index (χ1) is 8.20. The number of rotatable bonds is 4. The zero-order valence-electron chi connectivity index (χ0n) is 10.6. The van der Waals surface area contributed by atoms with E-state index in [2.05, 4.69) is 42.3 Å². The predicted octanol–water partition coefficient (Wildman–Crippen LogP) is 2.72. The summed E-state index contributed by atoms with van der Waals surface area (Å²) in [7, 11) is 1.93. The highest BCUT2D eigenvalue weighted by Crippen LogP contribution is 2.25. The Balaban J connectivity index is 2.27. The van der Waals surface area contributed by atoms with Crippen molar-refractivity contribution in [2.45, 2.75) is 20.3 Å². The minimum atomic E-state index is 0.787. The van der Waals surface area contributed by atoms with Gasteiger partial charge in [-0.1, -0.05) is 17.7 Å². The second kappa shape index (κ2) is 5.15. The molecule has 0 spiro atoms. The molecule has 1 aromatic carbocycles. The Morgan fingerprint density at radius 2 is 2.12 bits per heavy atom. The van der Waals surface area contributed by atoms with E-state index in [0.29, 0.717) is 0 Å². The third kappa shape index (κ3) is 2.74. The molecule has 1 heterocycles. The zero-order chi connectivity index (χ0) is 12.3. The molecular weight excluding hydrogens is 212 g/mol. The number of likely N-dealkylation sites (N-methyl/N-ethyl adjacent to an activating group) is 1. The summed E-state index contributed by atoms with van der Waals surface area (Å²) in [6, 6.07) is 6.36. The van der Waals surface area contributed by atoms with Crippen molar-refractivity contribution in [3.63, 3.8) is 0 Å². The van der Waals surface area contributed by atoms with E-state index < -0.39 is 0 Å². The molecule has 17 heavy (non-hydrogen) atoms. The van der Waals surface area contributed by atoms with E-state index in [0.717, 1.165) is 30.2 Å². The molecule has 3 heteroatoms. The molecule has 0 amide bonds. The fourth-order valence-electron chi connectivity index (χ4n) is 1.78. The summed E-state index contributed by atoms with van der Waals surface area (Å²) in [5, 5.41) is 3.09. The van der Waals surface area contributed by atoms with Gasteiger partial charge in [0.2, 0.25) is 0 Å². The quantitative estimate of drug-likeness (QED) is 0.877. The van der Waals surface area contributed by atoms with E-state index in [1.807, 2.05) is 13.2 Å². The lowest BCUT2D eigenvalue weighted by atomic mass is 10.0. The van der Waals surface area contributed by atoms with E-state index in [9.17, 15) is 0 Å². The maximum atomic E-state index is 5.76. The van der Waals surface area contributed by atoms with Crippen LogP contribution >= 0.6 is 0 Å². The molecule has 3 nitrogen and oxygen atoms in total. The highest BCUT2D eigenvalue weighted by molar-refractivity contribution is 5.62. The van der Waals surface area contributed by atoms with Crippen molar-refractivity contribution >= 4 is 0 Å². The summed E-state index contributed by atoms with van der Waals surface area (Å²) < 4.78 is 5.76. The lowest BCUT2D eigenvalue weighted by molar-refractivity contribution is 0.500. The first-order valence-electron chi connectivity index (χ1n) is 5.87. The van der Waals surface area contributed by atoms with Crippen LogP contribution in [0.3, 0.4) is 0 Å². The fraction of sp³-hybridized carbons (Fsp3) is 0.357. The van der Waals surface area contributed by atoms with Gasteiger partial charge in [0, 0.05) is 18.5 Å². The average Bonchev–Trinajstić information content (AvgIpc) is 2.78. The summed E-state index contributed by atoms with van der Waals surface area (Å²) in [6.07, 6.45) is 2.63. The number of aryl methyl sites for hydroxylation is 2. The number of oxazole rings is 1. The van der Waals surface area contributed by atoms with E-state index in [1.54, 1.807) is 0 Å². The number of hydrogen-bond acceptors (Lipinski definition) is 3. The molecule has 0 unspecified atom stereocenters. The van der Waals surface area contributed by atoms with Crippen molar-refractivity contribution in [1.82, 2.24) is 10.3 Å². The third-order valence-electron chi connectivity index (χ3n) is 2.80. The van der Waals surface area contributed by atoms with Gasteiger partial charge in [-0.3, -0.25) is 0 Å². The fourth-order valence-corrected chi connectivity index (χ4v) is 1.78. The molecule has 0 fully saturated rings. The van der Waals surface area contributed by atoms with Gasteiger partial charge in [0.1, 0.15) is 0 Å². The number of nitrogens with zero attached hydrogens (tertiary/aromatic N) is 1. The summed E-state index contributed by atoms with van der Waals surface area (Å²) in [4.78, 5) is 4.29. The smallest absolute Gasteiger partial charge is 0.196 e. The van der Waals surface area contributed by atoms with Crippen LogP contribution in [0.2, 0.25) is 0 Å². The normalized spacial score (nSPS) is 10.8. The first-order valence-corrected chi connectivity index (χ1v) is 5.87. The van der Waals surface area contributed by atoms with E-state index in [-0.39, 0.29) is 0 Å². The van der Waals surface area contributed by atoms with Crippen molar-refractivity contribution in [2.24, 2.45) is 0 Å². The molecule has 0 atom stereocenters. The van der Waals surface area contributed by atoms with Crippen LogP contribution in [0, 0.1) is 13.8 Å². The minimum Gasteiger partial charge on any atom is -0.441 e. The molecule has 1 N–H and O–H groups in total. The topological polar surface area (TPSA) is 38.1 Å². The van der Waals surface area contributed by atoms with Crippen LogP contribution in [0.1, 0.15) is 17.0 Å². The molecule has 90 valence electrons. The molecule has 0 aliphatic carbocycles. The Morgan fingerprint density at radius 3 is 2.88 bits per heavy atom. The Hall–Kier alpha value is -1.61. The van der Waals surface area contributed by atoms with Gasteiger partial charge in [-0.05, 0) is 32.5 Å². The molecule has 0 aliphatic rings. The van der Waals surface area contributed by atoms with Crippen molar-refractivity contribution in [1.29, 1.82) is 0 Å². The molecule has 2 aromatic rings. The Morgan fingerprint density at radius 1 is 1.29 bits per heavy atom. The largest absolute Gasteiger partial charge is 0.441 e. The summed E-state index contributed by atoms with van der Waals surface area (Å²) in [5.41, 5.74) is 3.58. The van der Waals surface area contributed by atoms with Crippen LogP contribution in [0.5, 0.6) is 0 Å².